The number of esters is 1. The lowest BCUT2D eigenvalue weighted by molar-refractivity contribution is -0.129. The van der Waals surface area contributed by atoms with Gasteiger partial charge in [-0.2, -0.15) is 5.26 Å². The van der Waals surface area contributed by atoms with Gasteiger partial charge in [0, 0.05) is 19.7 Å². The largest absolute Gasteiger partial charge is 0.493 e. The van der Waals surface area contributed by atoms with E-state index in [1.54, 1.807) is 36.4 Å². The number of carbonyl (C=O) groups is 2. The van der Waals surface area contributed by atoms with Crippen LogP contribution in [0.4, 0.5) is 0 Å². The van der Waals surface area contributed by atoms with Crippen LogP contribution in [0.3, 0.4) is 0 Å². The summed E-state index contributed by atoms with van der Waals surface area (Å²) in [5.41, 5.74) is 1.17. The number of hydrogen-bond acceptors (Lipinski definition) is 8. The highest BCUT2D eigenvalue weighted by Crippen LogP contribution is 2.30. The summed E-state index contributed by atoms with van der Waals surface area (Å²) in [6.07, 6.45) is 4.28. The summed E-state index contributed by atoms with van der Waals surface area (Å²) in [7, 11) is 4.48. The quantitative estimate of drug-likeness (QED) is 0.162. The maximum atomic E-state index is 12.4. The molecule has 35 heavy (non-hydrogen) atoms. The van der Waals surface area contributed by atoms with Gasteiger partial charge in [-0.15, -0.1) is 0 Å². The first-order valence-corrected chi connectivity index (χ1v) is 10.7. The van der Waals surface area contributed by atoms with Gasteiger partial charge in [-0.25, -0.2) is 4.79 Å². The second-order valence-corrected chi connectivity index (χ2v) is 6.93. The van der Waals surface area contributed by atoms with Crippen molar-refractivity contribution < 1.29 is 33.3 Å². The van der Waals surface area contributed by atoms with Crippen LogP contribution in [0.25, 0.3) is 12.2 Å². The number of ether oxygens (including phenoxy) is 5. The minimum atomic E-state index is -0.616. The highest BCUT2D eigenvalue weighted by molar-refractivity contribution is 6.01. The van der Waals surface area contributed by atoms with E-state index in [4.69, 9.17) is 23.7 Å². The first-order chi connectivity index (χ1) is 16.9. The Kier molecular flexibility index (Phi) is 10.8. The van der Waals surface area contributed by atoms with E-state index in [-0.39, 0.29) is 23.6 Å². The number of nitrogens with zero attached hydrogens (tertiary/aromatic N) is 1. The molecule has 0 saturated carbocycles. The molecule has 9 nitrogen and oxygen atoms in total. The molecule has 0 bridgehead atoms. The summed E-state index contributed by atoms with van der Waals surface area (Å²) in [6.45, 7) is 3.00. The minimum absolute atomic E-state index is 0.0818. The van der Waals surface area contributed by atoms with Crippen LogP contribution in [-0.4, -0.2) is 53.0 Å². The van der Waals surface area contributed by atoms with Crippen molar-refractivity contribution in [1.29, 1.82) is 5.26 Å². The number of nitrogens with one attached hydrogen (secondary N) is 1. The summed E-state index contributed by atoms with van der Waals surface area (Å²) in [6, 6.07) is 11.8. The Morgan fingerprint density at radius 1 is 0.971 bits per heavy atom. The Hall–Kier alpha value is -4.29. The normalized spacial score (nSPS) is 11.0. The van der Waals surface area contributed by atoms with Gasteiger partial charge in [-0.1, -0.05) is 12.1 Å². The second kappa shape index (κ2) is 14.1. The van der Waals surface area contributed by atoms with Gasteiger partial charge in [0.05, 0.1) is 27.4 Å². The molecule has 0 saturated heterocycles. The van der Waals surface area contributed by atoms with Gasteiger partial charge >= 0.3 is 5.97 Å². The first kappa shape index (κ1) is 27.0. The topological polar surface area (TPSA) is 116 Å². The molecule has 9 heteroatoms. The second-order valence-electron chi connectivity index (χ2n) is 6.93. The lowest BCUT2D eigenvalue weighted by Gasteiger charge is -2.10. The van der Waals surface area contributed by atoms with Crippen molar-refractivity contribution in [3.63, 3.8) is 0 Å². The molecule has 0 aliphatic heterocycles. The third-order valence-electron chi connectivity index (χ3n) is 4.57. The van der Waals surface area contributed by atoms with Crippen molar-refractivity contribution in [2.45, 2.75) is 6.92 Å². The predicted molar refractivity (Wildman–Crippen MR) is 130 cm³/mol. The molecule has 0 radical (unpaired) electrons. The monoisotopic (exact) mass is 480 g/mol. The number of benzene rings is 2. The Bertz CT molecular complexity index is 1130. The third kappa shape index (κ3) is 8.21. The number of methoxy groups -OCH3 is 3. The molecule has 0 fully saturated rings. The van der Waals surface area contributed by atoms with Crippen LogP contribution in [0.1, 0.15) is 18.1 Å². The fraction of sp³-hybridized carbons (Fsp3) is 0.269. The molecule has 0 aromatic heterocycles. The van der Waals surface area contributed by atoms with E-state index in [0.717, 1.165) is 5.56 Å². The predicted octanol–water partition coefficient (Wildman–Crippen LogP) is 3.39. The van der Waals surface area contributed by atoms with Crippen LogP contribution in [0, 0.1) is 11.3 Å². The number of nitriles is 1. The van der Waals surface area contributed by atoms with E-state index in [2.05, 4.69) is 5.32 Å². The smallest absolute Gasteiger partial charge is 0.336 e. The standard InChI is InChI=1S/C26H28N2O7/c1-5-34-21-9-6-18(15-23(21)32-3)8-11-25(29)35-22-10-7-19(16-24(22)33-4)14-20(17-27)26(30)28-12-13-31-2/h6-11,14-16H,5,12-13H2,1-4H3,(H,28,30)/b11-8+,20-14+. The molecule has 0 aliphatic rings. The number of rotatable bonds is 12. The molecule has 0 atom stereocenters. The Morgan fingerprint density at radius 2 is 1.63 bits per heavy atom. The van der Waals surface area contributed by atoms with Gasteiger partial charge in [0.25, 0.3) is 5.91 Å². The summed E-state index contributed by atoms with van der Waals surface area (Å²) in [5, 5.41) is 11.9. The molecule has 2 aromatic carbocycles. The molecule has 184 valence electrons. The van der Waals surface area contributed by atoms with E-state index in [1.807, 2.05) is 13.0 Å². The first-order valence-electron chi connectivity index (χ1n) is 10.7. The van der Waals surface area contributed by atoms with Crippen molar-refractivity contribution in [2.75, 3.05) is 41.1 Å². The molecule has 2 rings (SSSR count). The van der Waals surface area contributed by atoms with Crippen LogP contribution >= 0.6 is 0 Å². The molecule has 0 aliphatic carbocycles. The number of carbonyl (C=O) groups excluding carboxylic acids is 2. The van der Waals surface area contributed by atoms with Crippen LogP contribution in [-0.2, 0) is 14.3 Å². The van der Waals surface area contributed by atoms with E-state index in [0.29, 0.717) is 30.3 Å². The van der Waals surface area contributed by atoms with Gasteiger partial charge in [0.2, 0.25) is 0 Å². The zero-order valence-corrected chi connectivity index (χ0v) is 20.1. The van der Waals surface area contributed by atoms with Crippen molar-refractivity contribution in [3.05, 3.63) is 59.2 Å². The zero-order chi connectivity index (χ0) is 25.6. The lowest BCUT2D eigenvalue weighted by Crippen LogP contribution is -2.27. The highest BCUT2D eigenvalue weighted by Gasteiger charge is 2.12. The summed E-state index contributed by atoms with van der Waals surface area (Å²) < 4.78 is 26.4. The lowest BCUT2D eigenvalue weighted by atomic mass is 10.1. The van der Waals surface area contributed by atoms with Gasteiger partial charge in [0.1, 0.15) is 11.6 Å². The van der Waals surface area contributed by atoms with Crippen molar-refractivity contribution in [2.24, 2.45) is 0 Å². The number of hydrogen-bond donors (Lipinski definition) is 1. The molecular weight excluding hydrogens is 452 g/mol. The maximum absolute atomic E-state index is 12.4. The molecule has 0 spiro atoms. The highest BCUT2D eigenvalue weighted by atomic mass is 16.6. The number of amides is 1. The fourth-order valence-electron chi connectivity index (χ4n) is 2.90. The van der Waals surface area contributed by atoms with E-state index < -0.39 is 11.9 Å². The SMILES string of the molecule is CCOc1ccc(/C=C/C(=O)Oc2ccc(/C=C(\C#N)C(=O)NCCOC)cc2OC)cc1OC. The van der Waals surface area contributed by atoms with E-state index in [9.17, 15) is 14.9 Å². The van der Waals surface area contributed by atoms with Crippen LogP contribution in [0.2, 0.25) is 0 Å². The van der Waals surface area contributed by atoms with Crippen molar-refractivity contribution in [3.8, 4) is 29.1 Å². The molecule has 2 aromatic rings. The average Bonchev–Trinajstić information content (AvgIpc) is 2.87. The summed E-state index contributed by atoms with van der Waals surface area (Å²) >= 11 is 0. The van der Waals surface area contributed by atoms with Crippen LogP contribution in [0.15, 0.2) is 48.0 Å². The van der Waals surface area contributed by atoms with E-state index in [1.165, 1.54) is 39.5 Å². The van der Waals surface area contributed by atoms with Gasteiger partial charge in [0.15, 0.2) is 23.0 Å². The Balaban J connectivity index is 2.13. The van der Waals surface area contributed by atoms with E-state index >= 15 is 0 Å². The molecule has 1 amide bonds. The van der Waals surface area contributed by atoms with Crippen LogP contribution in [0.5, 0.6) is 23.0 Å². The minimum Gasteiger partial charge on any atom is -0.493 e. The summed E-state index contributed by atoms with van der Waals surface area (Å²) in [4.78, 5) is 24.5. The molecule has 0 heterocycles. The van der Waals surface area contributed by atoms with Gasteiger partial charge in [-0.05, 0) is 54.5 Å². The van der Waals surface area contributed by atoms with Crippen molar-refractivity contribution in [1.82, 2.24) is 5.32 Å². The molecule has 0 unspecified atom stereocenters. The molecule has 1 N–H and O–H groups in total. The zero-order valence-electron chi connectivity index (χ0n) is 20.1. The molecular formula is C26H28N2O7. The average molecular weight is 481 g/mol. The Labute approximate surface area is 204 Å². The Morgan fingerprint density at radius 3 is 2.29 bits per heavy atom. The fourth-order valence-corrected chi connectivity index (χ4v) is 2.90. The van der Waals surface area contributed by atoms with Crippen LogP contribution < -0.4 is 24.3 Å². The summed E-state index contributed by atoms with van der Waals surface area (Å²) in [5.74, 6) is 0.481. The maximum Gasteiger partial charge on any atom is 0.336 e. The van der Waals surface area contributed by atoms with Gasteiger partial charge < -0.3 is 29.0 Å². The van der Waals surface area contributed by atoms with Gasteiger partial charge in [-0.3, -0.25) is 4.79 Å². The van der Waals surface area contributed by atoms with Crippen molar-refractivity contribution >= 4 is 24.0 Å². The third-order valence-corrected chi connectivity index (χ3v) is 4.57.